The Kier molecular flexibility index (Phi) is 5.01. The molecule has 5 heteroatoms. The number of hydrogen-bond donors (Lipinski definition) is 1. The number of ether oxygens (including phenoxy) is 4. The smallest absolute Gasteiger partial charge is 0.164 e. The minimum atomic E-state index is -0.398. The van der Waals surface area contributed by atoms with Crippen LogP contribution in [-0.4, -0.2) is 50.7 Å². The molecule has 0 saturated carbocycles. The highest BCUT2D eigenvalue weighted by Crippen LogP contribution is 2.38. The number of rotatable bonds is 4. The van der Waals surface area contributed by atoms with Crippen LogP contribution in [0, 0.1) is 16.2 Å². The first-order chi connectivity index (χ1) is 9.75. The van der Waals surface area contributed by atoms with E-state index in [1.54, 1.807) is 0 Å². The average molecular weight is 302 g/mol. The van der Waals surface area contributed by atoms with E-state index in [0.29, 0.717) is 26.4 Å². The van der Waals surface area contributed by atoms with Gasteiger partial charge in [0.2, 0.25) is 0 Å². The van der Waals surface area contributed by atoms with Gasteiger partial charge in [0.1, 0.15) is 0 Å². The minimum Gasteiger partial charge on any atom is -0.396 e. The molecule has 2 rings (SSSR count). The van der Waals surface area contributed by atoms with Gasteiger partial charge in [-0.1, -0.05) is 34.6 Å². The lowest BCUT2D eigenvalue weighted by Gasteiger charge is -2.48. The van der Waals surface area contributed by atoms with Gasteiger partial charge in [-0.25, -0.2) is 0 Å². The maximum atomic E-state index is 9.39. The van der Waals surface area contributed by atoms with E-state index >= 15 is 0 Å². The van der Waals surface area contributed by atoms with Crippen LogP contribution in [0.2, 0.25) is 0 Å². The SMILES string of the molecule is CCC(C)(C)C1OCC2(CO1)COC(C(C)(C)CO)OC2. The monoisotopic (exact) mass is 302 g/mol. The summed E-state index contributed by atoms with van der Waals surface area (Å²) in [5.41, 5.74) is -0.605. The van der Waals surface area contributed by atoms with Gasteiger partial charge in [0.15, 0.2) is 12.6 Å². The van der Waals surface area contributed by atoms with Gasteiger partial charge in [-0.15, -0.1) is 0 Å². The Morgan fingerprint density at radius 2 is 1.24 bits per heavy atom. The molecule has 124 valence electrons. The van der Waals surface area contributed by atoms with E-state index in [9.17, 15) is 5.11 Å². The van der Waals surface area contributed by atoms with Crippen LogP contribution in [0.1, 0.15) is 41.0 Å². The van der Waals surface area contributed by atoms with Crippen molar-refractivity contribution in [1.82, 2.24) is 0 Å². The van der Waals surface area contributed by atoms with E-state index in [1.165, 1.54) is 0 Å². The van der Waals surface area contributed by atoms with Crippen LogP contribution >= 0.6 is 0 Å². The van der Waals surface area contributed by atoms with Gasteiger partial charge < -0.3 is 24.1 Å². The molecule has 21 heavy (non-hydrogen) atoms. The molecule has 0 radical (unpaired) electrons. The molecule has 0 atom stereocenters. The van der Waals surface area contributed by atoms with Crippen LogP contribution in [0.3, 0.4) is 0 Å². The van der Waals surface area contributed by atoms with Crippen LogP contribution in [0.25, 0.3) is 0 Å². The first kappa shape index (κ1) is 17.2. The molecule has 2 aliphatic heterocycles. The van der Waals surface area contributed by atoms with Crippen molar-refractivity contribution in [3.63, 3.8) is 0 Å². The maximum absolute atomic E-state index is 9.39. The van der Waals surface area contributed by atoms with Gasteiger partial charge in [0.05, 0.1) is 38.4 Å². The summed E-state index contributed by atoms with van der Waals surface area (Å²) in [7, 11) is 0. The van der Waals surface area contributed by atoms with Crippen molar-refractivity contribution in [3.05, 3.63) is 0 Å². The second-order valence-electron chi connectivity index (χ2n) is 7.90. The summed E-state index contributed by atoms with van der Waals surface area (Å²) < 4.78 is 23.5. The third-order valence-electron chi connectivity index (χ3n) is 4.76. The predicted octanol–water partition coefficient (Wildman–Crippen LogP) is 2.17. The molecule has 5 nitrogen and oxygen atoms in total. The van der Waals surface area contributed by atoms with Crippen LogP contribution in [0.15, 0.2) is 0 Å². The number of aliphatic hydroxyl groups excluding tert-OH is 1. The molecule has 1 N–H and O–H groups in total. The molecule has 0 aromatic heterocycles. The van der Waals surface area contributed by atoms with E-state index < -0.39 is 5.41 Å². The quantitative estimate of drug-likeness (QED) is 0.862. The highest BCUT2D eigenvalue weighted by Gasteiger charge is 2.47. The minimum absolute atomic E-state index is 0.0133. The Labute approximate surface area is 127 Å². The Balaban J connectivity index is 1.89. The van der Waals surface area contributed by atoms with Crippen molar-refractivity contribution >= 4 is 0 Å². The first-order valence-electron chi connectivity index (χ1n) is 7.82. The normalized spacial score (nSPS) is 35.1. The molecule has 0 bridgehead atoms. The fraction of sp³-hybridized carbons (Fsp3) is 1.00. The van der Waals surface area contributed by atoms with Gasteiger partial charge in [-0.2, -0.15) is 0 Å². The van der Waals surface area contributed by atoms with E-state index in [2.05, 4.69) is 20.8 Å². The Morgan fingerprint density at radius 1 is 0.857 bits per heavy atom. The fourth-order valence-corrected chi connectivity index (χ4v) is 2.50. The average Bonchev–Trinajstić information content (AvgIpc) is 2.48. The van der Waals surface area contributed by atoms with Crippen LogP contribution < -0.4 is 0 Å². The van der Waals surface area contributed by atoms with Crippen molar-refractivity contribution in [1.29, 1.82) is 0 Å². The lowest BCUT2D eigenvalue weighted by molar-refractivity contribution is -0.335. The molecule has 0 unspecified atom stereocenters. The van der Waals surface area contributed by atoms with Crippen molar-refractivity contribution in [2.75, 3.05) is 33.0 Å². The van der Waals surface area contributed by atoms with Crippen LogP contribution in [0.5, 0.6) is 0 Å². The highest BCUT2D eigenvalue weighted by atomic mass is 16.7. The van der Waals surface area contributed by atoms with Crippen molar-refractivity contribution in [2.45, 2.75) is 53.6 Å². The molecule has 2 saturated heterocycles. The molecular weight excluding hydrogens is 272 g/mol. The molecule has 1 spiro atoms. The fourth-order valence-electron chi connectivity index (χ4n) is 2.50. The summed E-state index contributed by atoms with van der Waals surface area (Å²) in [5, 5.41) is 9.39. The summed E-state index contributed by atoms with van der Waals surface area (Å²) in [6, 6.07) is 0. The molecule has 2 fully saturated rings. The lowest BCUT2D eigenvalue weighted by Crippen LogP contribution is -2.56. The molecule has 0 aromatic rings. The third-order valence-corrected chi connectivity index (χ3v) is 4.76. The van der Waals surface area contributed by atoms with Gasteiger partial charge >= 0.3 is 0 Å². The summed E-state index contributed by atoms with van der Waals surface area (Å²) in [6.45, 7) is 12.6. The largest absolute Gasteiger partial charge is 0.396 e. The van der Waals surface area contributed by atoms with Crippen molar-refractivity contribution in [2.24, 2.45) is 16.2 Å². The predicted molar refractivity (Wildman–Crippen MR) is 78.8 cm³/mol. The zero-order valence-corrected chi connectivity index (χ0v) is 14.0. The molecule has 0 aliphatic carbocycles. The second kappa shape index (κ2) is 6.13. The summed E-state index contributed by atoms with van der Waals surface area (Å²) >= 11 is 0. The van der Waals surface area contributed by atoms with Crippen LogP contribution in [0.4, 0.5) is 0 Å². The van der Waals surface area contributed by atoms with E-state index in [0.717, 1.165) is 6.42 Å². The summed E-state index contributed by atoms with van der Waals surface area (Å²) in [4.78, 5) is 0. The van der Waals surface area contributed by atoms with Gasteiger partial charge in [0, 0.05) is 10.8 Å². The van der Waals surface area contributed by atoms with Gasteiger partial charge in [-0.05, 0) is 6.42 Å². The molecule has 2 aliphatic rings. The summed E-state index contributed by atoms with van der Waals surface area (Å²) in [5.74, 6) is 0. The third kappa shape index (κ3) is 3.59. The molecule has 0 aromatic carbocycles. The maximum Gasteiger partial charge on any atom is 0.164 e. The van der Waals surface area contributed by atoms with E-state index in [-0.39, 0.29) is 30.0 Å². The van der Waals surface area contributed by atoms with E-state index in [1.807, 2.05) is 13.8 Å². The second-order valence-corrected chi connectivity index (χ2v) is 7.90. The van der Waals surface area contributed by atoms with Gasteiger partial charge in [0.25, 0.3) is 0 Å². The summed E-state index contributed by atoms with van der Waals surface area (Å²) in [6.07, 6.45) is 0.461. The Morgan fingerprint density at radius 3 is 1.57 bits per heavy atom. The first-order valence-corrected chi connectivity index (χ1v) is 7.82. The molecular formula is C16H30O5. The topological polar surface area (TPSA) is 57.2 Å². The molecule has 2 heterocycles. The number of hydrogen-bond acceptors (Lipinski definition) is 5. The van der Waals surface area contributed by atoms with Crippen molar-refractivity contribution < 1.29 is 24.1 Å². The van der Waals surface area contributed by atoms with Crippen LogP contribution in [-0.2, 0) is 18.9 Å². The Bertz CT molecular complexity index is 299. The standard InChI is InChI=1S/C16H30O5/c1-6-14(2,3)12-18-8-16(9-19-12)10-20-13(21-11-16)15(4,5)7-17/h12-13,17H,6-11H2,1-5H3. The zero-order chi connectivity index (χ0) is 15.7. The van der Waals surface area contributed by atoms with Gasteiger partial charge in [-0.3, -0.25) is 0 Å². The van der Waals surface area contributed by atoms with Crippen molar-refractivity contribution in [3.8, 4) is 0 Å². The zero-order valence-electron chi connectivity index (χ0n) is 14.0. The lowest BCUT2D eigenvalue weighted by atomic mass is 9.85. The van der Waals surface area contributed by atoms with E-state index in [4.69, 9.17) is 18.9 Å². The highest BCUT2D eigenvalue weighted by molar-refractivity contribution is 4.88. The number of aliphatic hydroxyl groups is 1. The Hall–Kier alpha value is -0.200. The molecule has 0 amide bonds.